The topological polar surface area (TPSA) is 72.7 Å². The number of nitrogens with one attached hydrogen (secondary N) is 1. The van der Waals surface area contributed by atoms with Crippen molar-refractivity contribution in [2.45, 2.75) is 38.3 Å². The van der Waals surface area contributed by atoms with E-state index in [-0.39, 0.29) is 11.7 Å². The molecule has 8 heteroatoms. The number of thioether (sulfide) groups is 1. The first-order chi connectivity index (χ1) is 13.1. The van der Waals surface area contributed by atoms with E-state index < -0.39 is 0 Å². The van der Waals surface area contributed by atoms with Gasteiger partial charge in [0.2, 0.25) is 5.91 Å². The second-order valence-corrected chi connectivity index (χ2v) is 8.92. The standard InChI is InChI=1S/C19H21N5OS2/c1-12-3-6-14(7-4-12)24-11-20-23-19(24)26-10-17(25)22-18-21-15-8-5-13(2)9-16(15)27-18/h3-4,6-7,11,13H,5,8-10H2,1-2H3,(H,21,22,25). The molecule has 0 radical (unpaired) electrons. The van der Waals surface area contributed by atoms with E-state index in [1.165, 1.54) is 28.6 Å². The summed E-state index contributed by atoms with van der Waals surface area (Å²) in [6, 6.07) is 8.12. The Hall–Kier alpha value is -2.19. The van der Waals surface area contributed by atoms with Crippen LogP contribution < -0.4 is 5.32 Å². The SMILES string of the molecule is Cc1ccc(-n2cnnc2SCC(=O)Nc2nc3c(s2)CC(C)CC3)cc1. The van der Waals surface area contributed by atoms with Crippen molar-refractivity contribution in [2.24, 2.45) is 5.92 Å². The lowest BCUT2D eigenvalue weighted by Gasteiger charge is -2.15. The quantitative estimate of drug-likeness (QED) is 0.659. The fraction of sp³-hybridized carbons (Fsp3) is 0.368. The Balaban J connectivity index is 1.38. The normalized spacial score (nSPS) is 16.1. The Morgan fingerprint density at radius 3 is 3.00 bits per heavy atom. The highest BCUT2D eigenvalue weighted by atomic mass is 32.2. The zero-order chi connectivity index (χ0) is 18.8. The molecule has 1 N–H and O–H groups in total. The van der Waals surface area contributed by atoms with E-state index in [4.69, 9.17) is 0 Å². The van der Waals surface area contributed by atoms with Crippen molar-refractivity contribution >= 4 is 34.1 Å². The molecule has 0 bridgehead atoms. The van der Waals surface area contributed by atoms with Gasteiger partial charge < -0.3 is 5.32 Å². The summed E-state index contributed by atoms with van der Waals surface area (Å²) in [7, 11) is 0. The minimum absolute atomic E-state index is 0.0717. The molecule has 140 valence electrons. The maximum absolute atomic E-state index is 12.4. The van der Waals surface area contributed by atoms with E-state index in [2.05, 4.69) is 27.4 Å². The van der Waals surface area contributed by atoms with Gasteiger partial charge in [-0.3, -0.25) is 9.36 Å². The molecule has 0 saturated carbocycles. The van der Waals surface area contributed by atoms with Crippen molar-refractivity contribution < 1.29 is 4.79 Å². The number of carbonyl (C=O) groups excluding carboxylic acids is 1. The minimum Gasteiger partial charge on any atom is -0.301 e. The Morgan fingerprint density at radius 1 is 1.37 bits per heavy atom. The number of aryl methyl sites for hydroxylation is 2. The Morgan fingerprint density at radius 2 is 2.19 bits per heavy atom. The second-order valence-electron chi connectivity index (χ2n) is 6.89. The van der Waals surface area contributed by atoms with Gasteiger partial charge in [-0.2, -0.15) is 0 Å². The summed E-state index contributed by atoms with van der Waals surface area (Å²) in [6.45, 7) is 4.31. The molecule has 0 fully saturated rings. The number of rotatable bonds is 5. The summed E-state index contributed by atoms with van der Waals surface area (Å²) < 4.78 is 1.89. The minimum atomic E-state index is -0.0717. The molecule has 27 heavy (non-hydrogen) atoms. The third kappa shape index (κ3) is 4.22. The third-order valence-electron chi connectivity index (χ3n) is 4.59. The van der Waals surface area contributed by atoms with Gasteiger partial charge >= 0.3 is 0 Å². The molecule has 6 nitrogen and oxygen atoms in total. The summed E-state index contributed by atoms with van der Waals surface area (Å²) in [5, 5.41) is 12.5. The molecule has 2 aromatic heterocycles. The highest BCUT2D eigenvalue weighted by Gasteiger charge is 2.20. The van der Waals surface area contributed by atoms with E-state index in [1.807, 2.05) is 35.8 Å². The number of amides is 1. The van der Waals surface area contributed by atoms with Crippen LogP contribution in [0.4, 0.5) is 5.13 Å². The molecule has 0 saturated heterocycles. The summed E-state index contributed by atoms with van der Waals surface area (Å²) in [4.78, 5) is 18.3. The van der Waals surface area contributed by atoms with Crippen LogP contribution in [-0.2, 0) is 17.6 Å². The van der Waals surface area contributed by atoms with Crippen LogP contribution in [0.15, 0.2) is 35.7 Å². The number of benzene rings is 1. The molecule has 4 rings (SSSR count). The Bertz CT molecular complexity index is 947. The van der Waals surface area contributed by atoms with Crippen LogP contribution in [0.5, 0.6) is 0 Å². The van der Waals surface area contributed by atoms with Crippen molar-refractivity contribution in [3.8, 4) is 5.69 Å². The van der Waals surface area contributed by atoms with Crippen LogP contribution in [0.3, 0.4) is 0 Å². The van der Waals surface area contributed by atoms with Gasteiger partial charge in [0.05, 0.1) is 11.4 Å². The van der Waals surface area contributed by atoms with Gasteiger partial charge in [-0.1, -0.05) is 36.4 Å². The van der Waals surface area contributed by atoms with E-state index in [1.54, 1.807) is 17.7 Å². The highest BCUT2D eigenvalue weighted by Crippen LogP contribution is 2.32. The summed E-state index contributed by atoms with van der Waals surface area (Å²) in [5.41, 5.74) is 3.33. The predicted molar refractivity (Wildman–Crippen MR) is 109 cm³/mol. The maximum atomic E-state index is 12.4. The summed E-state index contributed by atoms with van der Waals surface area (Å²) in [5.74, 6) is 0.897. The molecule has 1 aromatic carbocycles. The van der Waals surface area contributed by atoms with Gasteiger partial charge in [-0.15, -0.1) is 21.5 Å². The maximum Gasteiger partial charge on any atom is 0.236 e. The van der Waals surface area contributed by atoms with Crippen LogP contribution in [0.25, 0.3) is 5.69 Å². The number of anilines is 1. The zero-order valence-electron chi connectivity index (χ0n) is 15.3. The lowest BCUT2D eigenvalue weighted by atomic mass is 9.93. The van der Waals surface area contributed by atoms with Gasteiger partial charge in [-0.05, 0) is 44.2 Å². The lowest BCUT2D eigenvalue weighted by Crippen LogP contribution is -2.14. The first-order valence-electron chi connectivity index (χ1n) is 8.97. The number of carbonyl (C=O) groups is 1. The number of thiazole rings is 1. The van der Waals surface area contributed by atoms with Gasteiger partial charge in [0.1, 0.15) is 6.33 Å². The number of hydrogen-bond donors (Lipinski definition) is 1. The molecule has 1 unspecified atom stereocenters. The molecule has 1 aliphatic carbocycles. The lowest BCUT2D eigenvalue weighted by molar-refractivity contribution is -0.113. The van der Waals surface area contributed by atoms with Crippen LogP contribution >= 0.6 is 23.1 Å². The van der Waals surface area contributed by atoms with Crippen molar-refractivity contribution in [1.82, 2.24) is 19.7 Å². The first kappa shape index (κ1) is 18.2. The molecule has 3 aromatic rings. The molecular formula is C19H21N5OS2. The van der Waals surface area contributed by atoms with E-state index >= 15 is 0 Å². The van der Waals surface area contributed by atoms with Gasteiger partial charge in [0, 0.05) is 10.6 Å². The van der Waals surface area contributed by atoms with Gasteiger partial charge in [0.25, 0.3) is 0 Å². The van der Waals surface area contributed by atoms with Gasteiger partial charge in [-0.25, -0.2) is 4.98 Å². The van der Waals surface area contributed by atoms with E-state index in [0.717, 1.165) is 24.2 Å². The van der Waals surface area contributed by atoms with Crippen molar-refractivity contribution in [1.29, 1.82) is 0 Å². The van der Waals surface area contributed by atoms with Crippen LogP contribution in [0.1, 0.15) is 29.5 Å². The number of aromatic nitrogens is 4. The number of fused-ring (bicyclic) bond motifs is 1. The fourth-order valence-electron chi connectivity index (χ4n) is 3.08. The van der Waals surface area contributed by atoms with E-state index in [0.29, 0.717) is 16.2 Å². The van der Waals surface area contributed by atoms with Gasteiger partial charge in [0.15, 0.2) is 10.3 Å². The molecule has 1 amide bonds. The smallest absolute Gasteiger partial charge is 0.236 e. The molecular weight excluding hydrogens is 378 g/mol. The van der Waals surface area contributed by atoms with Crippen LogP contribution in [0.2, 0.25) is 0 Å². The predicted octanol–water partition coefficient (Wildman–Crippen LogP) is 3.89. The monoisotopic (exact) mass is 399 g/mol. The number of hydrogen-bond acceptors (Lipinski definition) is 6. The third-order valence-corrected chi connectivity index (χ3v) is 6.57. The highest BCUT2D eigenvalue weighted by molar-refractivity contribution is 7.99. The zero-order valence-corrected chi connectivity index (χ0v) is 16.9. The average Bonchev–Trinajstić information content (AvgIpc) is 3.26. The molecule has 0 spiro atoms. The Labute approximate surface area is 166 Å². The second kappa shape index (κ2) is 7.82. The van der Waals surface area contributed by atoms with E-state index in [9.17, 15) is 4.79 Å². The van der Waals surface area contributed by atoms with Crippen molar-refractivity contribution in [3.05, 3.63) is 46.7 Å². The van der Waals surface area contributed by atoms with Crippen LogP contribution in [0, 0.1) is 12.8 Å². The fourth-order valence-corrected chi connectivity index (χ4v) is 5.00. The van der Waals surface area contributed by atoms with Crippen LogP contribution in [-0.4, -0.2) is 31.4 Å². The molecule has 2 heterocycles. The largest absolute Gasteiger partial charge is 0.301 e. The summed E-state index contributed by atoms with van der Waals surface area (Å²) >= 11 is 2.98. The van der Waals surface area contributed by atoms with Crippen molar-refractivity contribution in [3.63, 3.8) is 0 Å². The number of nitrogens with zero attached hydrogens (tertiary/aromatic N) is 4. The molecule has 1 atom stereocenters. The first-order valence-corrected chi connectivity index (χ1v) is 10.8. The Kier molecular flexibility index (Phi) is 5.27. The molecule has 0 aliphatic heterocycles. The summed E-state index contributed by atoms with van der Waals surface area (Å²) in [6.07, 6.45) is 4.92. The average molecular weight is 400 g/mol. The molecule has 1 aliphatic rings. The van der Waals surface area contributed by atoms with Crippen molar-refractivity contribution in [2.75, 3.05) is 11.1 Å².